The van der Waals surface area contributed by atoms with Gasteiger partial charge in [-0.05, 0) is 56.0 Å². The molecule has 0 saturated heterocycles. The highest BCUT2D eigenvalue weighted by molar-refractivity contribution is 7.91. The van der Waals surface area contributed by atoms with E-state index < -0.39 is 72.2 Å². The number of anilines is 1. The number of benzene rings is 2. The first-order valence-electron chi connectivity index (χ1n) is 14.7. The monoisotopic (exact) mass is 778 g/mol. The van der Waals surface area contributed by atoms with Gasteiger partial charge < -0.3 is 9.26 Å². The van der Waals surface area contributed by atoms with Crippen molar-refractivity contribution in [2.45, 2.75) is 60.7 Å². The summed E-state index contributed by atoms with van der Waals surface area (Å²) in [6.45, 7) is 1.50. The first-order chi connectivity index (χ1) is 24.1. The third kappa shape index (κ3) is 10.5. The zero-order valence-electron chi connectivity index (χ0n) is 27.2. The summed E-state index contributed by atoms with van der Waals surface area (Å²) in [5.41, 5.74) is -1.44. The summed E-state index contributed by atoms with van der Waals surface area (Å²) < 4.78 is 136. The molecule has 0 aliphatic heterocycles. The first kappa shape index (κ1) is 39.7. The van der Waals surface area contributed by atoms with Crippen LogP contribution in [0.2, 0.25) is 0 Å². The number of hydrogen-bond donors (Lipinski definition) is 2. The average Bonchev–Trinajstić information content (AvgIpc) is 3.77. The number of amides is 2. The number of nitrogens with one attached hydrogen (secondary N) is 2. The Morgan fingerprint density at radius 2 is 1.62 bits per heavy atom. The van der Waals surface area contributed by atoms with E-state index in [1.165, 1.54) is 38.4 Å². The molecule has 52 heavy (non-hydrogen) atoms. The Bertz CT molecular complexity index is 2190. The summed E-state index contributed by atoms with van der Waals surface area (Å²) in [7, 11) is -7.18. The molecule has 1 aliphatic carbocycles. The Hall–Kier alpha value is -5.12. The number of ether oxygens (including phenoxy) is 1. The van der Waals surface area contributed by atoms with Crippen LogP contribution in [0, 0.1) is 6.92 Å². The number of carbonyl (C=O) groups is 2. The highest BCUT2D eigenvalue weighted by Gasteiger charge is 2.36. The van der Waals surface area contributed by atoms with Crippen molar-refractivity contribution in [2.75, 3.05) is 18.7 Å². The Balaban J connectivity index is 0.000000235. The fourth-order valence-electron chi connectivity index (χ4n) is 4.55. The molecule has 1 aliphatic rings. The van der Waals surface area contributed by atoms with Gasteiger partial charge in [-0.2, -0.15) is 41.3 Å². The van der Waals surface area contributed by atoms with E-state index in [-0.39, 0.29) is 40.4 Å². The van der Waals surface area contributed by atoms with E-state index in [2.05, 4.69) is 25.4 Å². The number of methoxy groups -OCH3 is 1. The van der Waals surface area contributed by atoms with E-state index >= 15 is 0 Å². The number of ketones is 1. The molecule has 2 aromatic heterocycles. The Labute approximate surface area is 292 Å². The van der Waals surface area contributed by atoms with Gasteiger partial charge in [0, 0.05) is 24.2 Å². The molecule has 0 unspecified atom stereocenters. The van der Waals surface area contributed by atoms with Crippen molar-refractivity contribution in [1.82, 2.24) is 24.8 Å². The lowest BCUT2D eigenvalue weighted by atomic mass is 10.0. The molecular weight excluding hydrogens is 750 g/mol. The van der Waals surface area contributed by atoms with Gasteiger partial charge in [-0.3, -0.25) is 10.1 Å². The van der Waals surface area contributed by atoms with E-state index in [1.807, 2.05) is 0 Å². The van der Waals surface area contributed by atoms with E-state index in [0.29, 0.717) is 17.9 Å². The van der Waals surface area contributed by atoms with Gasteiger partial charge in [0.15, 0.2) is 21.4 Å². The number of carbonyl (C=O) groups excluding carboxylic acids is 2. The summed E-state index contributed by atoms with van der Waals surface area (Å²) in [4.78, 5) is 34.9. The number of aryl methyl sites for hydroxylation is 2. The van der Waals surface area contributed by atoms with Crippen molar-refractivity contribution in [3.63, 3.8) is 0 Å². The third-order valence-corrected chi connectivity index (χ3v) is 9.61. The molecular formula is C30H28F6N6O8S2. The summed E-state index contributed by atoms with van der Waals surface area (Å²) in [6.07, 6.45) is -7.34. The third-order valence-electron chi connectivity index (χ3n) is 7.05. The minimum absolute atomic E-state index is 0.0441. The molecule has 14 nitrogen and oxygen atoms in total. The summed E-state index contributed by atoms with van der Waals surface area (Å²) >= 11 is 0. The lowest BCUT2D eigenvalue weighted by molar-refractivity contribution is -0.137. The van der Waals surface area contributed by atoms with Crippen LogP contribution in [0.3, 0.4) is 0 Å². The fraction of sp³-hybridized carbons (Fsp3) is 0.333. The van der Waals surface area contributed by atoms with E-state index in [0.717, 1.165) is 31.2 Å². The van der Waals surface area contributed by atoms with Gasteiger partial charge in [-0.25, -0.2) is 26.4 Å². The second-order valence-electron chi connectivity index (χ2n) is 11.2. The maximum atomic E-state index is 12.8. The molecule has 2 aromatic carbocycles. The number of nitrogens with zero attached hydrogens (tertiary/aromatic N) is 4. The van der Waals surface area contributed by atoms with Crippen LogP contribution < -0.4 is 14.8 Å². The highest BCUT2D eigenvalue weighted by Crippen LogP contribution is 2.42. The molecule has 4 aromatic rings. The lowest BCUT2D eigenvalue weighted by Gasteiger charge is -2.13. The quantitative estimate of drug-likeness (QED) is 0.154. The minimum atomic E-state index is -4.71. The van der Waals surface area contributed by atoms with E-state index in [9.17, 15) is 52.8 Å². The maximum Gasteiger partial charge on any atom is 0.416 e. The van der Waals surface area contributed by atoms with Crippen molar-refractivity contribution in [1.29, 1.82) is 0 Å². The number of aromatic nitrogens is 4. The van der Waals surface area contributed by atoms with Crippen molar-refractivity contribution in [3.8, 4) is 6.01 Å². The van der Waals surface area contributed by atoms with Gasteiger partial charge in [-0.15, -0.1) is 0 Å². The number of hydrogen-bond acceptors (Lipinski definition) is 12. The zero-order chi connectivity index (χ0) is 38.6. The smallest absolute Gasteiger partial charge is 0.416 e. The minimum Gasteiger partial charge on any atom is -0.467 e. The van der Waals surface area contributed by atoms with Gasteiger partial charge in [0.2, 0.25) is 5.95 Å². The molecule has 5 rings (SSSR count). The van der Waals surface area contributed by atoms with Crippen LogP contribution in [0.25, 0.3) is 0 Å². The standard InChI is InChI=1S/C15H16F3N5O4S.C15H12F3NO4S/c1-9-19-12(22-14(20-9)27-2)21-13(24)23-28(25,26)11-6-4-3-5-10(11)7-8-15(16,17)18;1-24(21,22)12-6-9(15(16,17)18)4-5-10(12)13(20)11-7-19-23-14(11)8-2-3-8/h3-6H,7-8H2,1-2H3,(H2,19,20,21,22,23,24);4-8H,2-3H2,1H3. The lowest BCUT2D eigenvalue weighted by Crippen LogP contribution is -2.35. The Morgan fingerprint density at radius 3 is 2.21 bits per heavy atom. The topological polar surface area (TPSA) is 200 Å². The molecule has 0 spiro atoms. The summed E-state index contributed by atoms with van der Waals surface area (Å²) in [6, 6.07) is 5.86. The number of rotatable bonds is 10. The predicted octanol–water partition coefficient (Wildman–Crippen LogP) is 5.40. The molecule has 0 bridgehead atoms. The van der Waals surface area contributed by atoms with Crippen LogP contribution in [-0.4, -0.2) is 68.3 Å². The van der Waals surface area contributed by atoms with Crippen LogP contribution >= 0.6 is 0 Å². The van der Waals surface area contributed by atoms with E-state index in [4.69, 9.17) is 9.26 Å². The Kier molecular flexibility index (Phi) is 11.6. The SMILES string of the molecule is COc1nc(C)nc(NC(=O)NS(=O)(=O)c2ccccc2CCC(F)(F)F)n1.CS(=O)(=O)c1cc(C(F)(F)F)ccc1C(=O)c1cnoc1C1CC1. The number of sulfone groups is 1. The van der Waals surface area contributed by atoms with Gasteiger partial charge in [0.05, 0.1) is 34.2 Å². The Morgan fingerprint density at radius 1 is 0.942 bits per heavy atom. The van der Waals surface area contributed by atoms with Crippen LogP contribution in [0.4, 0.5) is 37.1 Å². The maximum absolute atomic E-state index is 12.8. The molecule has 0 radical (unpaired) electrons. The normalized spacial score (nSPS) is 13.5. The van der Waals surface area contributed by atoms with Crippen LogP contribution in [0.15, 0.2) is 63.0 Å². The number of urea groups is 1. The summed E-state index contributed by atoms with van der Waals surface area (Å²) in [5.74, 6) is -0.376. The van der Waals surface area contributed by atoms with Crippen molar-refractivity contribution < 1.29 is 62.0 Å². The van der Waals surface area contributed by atoms with Crippen molar-refractivity contribution in [3.05, 3.63) is 82.5 Å². The van der Waals surface area contributed by atoms with Gasteiger partial charge in [0.25, 0.3) is 10.0 Å². The predicted molar refractivity (Wildman–Crippen MR) is 168 cm³/mol. The summed E-state index contributed by atoms with van der Waals surface area (Å²) in [5, 5.41) is 5.66. The second kappa shape index (κ2) is 15.2. The van der Waals surface area contributed by atoms with Crippen LogP contribution in [0.1, 0.15) is 63.8 Å². The van der Waals surface area contributed by atoms with Gasteiger partial charge in [-0.1, -0.05) is 23.4 Å². The molecule has 0 atom stereocenters. The second-order valence-corrected chi connectivity index (χ2v) is 14.8. The molecule has 280 valence electrons. The largest absolute Gasteiger partial charge is 0.467 e. The zero-order valence-corrected chi connectivity index (χ0v) is 28.8. The van der Waals surface area contributed by atoms with Gasteiger partial charge in [0.1, 0.15) is 5.82 Å². The number of halogens is 6. The molecule has 1 saturated carbocycles. The van der Waals surface area contributed by atoms with Crippen molar-refractivity contribution in [2.24, 2.45) is 0 Å². The number of alkyl halides is 6. The van der Waals surface area contributed by atoms with Crippen LogP contribution in [-0.2, 0) is 32.5 Å². The van der Waals surface area contributed by atoms with E-state index in [1.54, 1.807) is 4.72 Å². The molecule has 22 heteroatoms. The van der Waals surface area contributed by atoms with Crippen molar-refractivity contribution >= 4 is 37.6 Å². The molecule has 2 amide bonds. The molecule has 2 heterocycles. The fourth-order valence-corrected chi connectivity index (χ4v) is 6.63. The molecule has 1 fully saturated rings. The number of sulfonamides is 1. The van der Waals surface area contributed by atoms with Crippen LogP contribution in [0.5, 0.6) is 6.01 Å². The first-order valence-corrected chi connectivity index (χ1v) is 18.1. The highest BCUT2D eigenvalue weighted by atomic mass is 32.2. The molecule has 2 N–H and O–H groups in total. The van der Waals surface area contributed by atoms with Gasteiger partial charge >= 0.3 is 24.4 Å². The average molecular weight is 779 g/mol.